The van der Waals surface area contributed by atoms with Gasteiger partial charge in [0.05, 0.1) is 0 Å². The van der Waals surface area contributed by atoms with Crippen molar-refractivity contribution in [3.63, 3.8) is 0 Å². The lowest BCUT2D eigenvalue weighted by Gasteiger charge is -2.41. The Morgan fingerprint density at radius 1 is 1.00 bits per heavy atom. The second kappa shape index (κ2) is 10.1. The summed E-state index contributed by atoms with van der Waals surface area (Å²) < 4.78 is 17.1. The summed E-state index contributed by atoms with van der Waals surface area (Å²) in [5, 5.41) is 11.7. The molecule has 4 N–H and O–H groups in total. The molecule has 0 bridgehead atoms. The van der Waals surface area contributed by atoms with Crippen molar-refractivity contribution in [2.24, 2.45) is 0 Å². The Kier molecular flexibility index (Phi) is 6.62. The van der Waals surface area contributed by atoms with Crippen LogP contribution in [0.3, 0.4) is 0 Å². The van der Waals surface area contributed by atoms with Gasteiger partial charge in [0.1, 0.15) is 11.5 Å². The van der Waals surface area contributed by atoms with E-state index in [0.29, 0.717) is 17.5 Å². The Labute approximate surface area is 204 Å². The van der Waals surface area contributed by atoms with E-state index >= 15 is 0 Å². The smallest absolute Gasteiger partial charge is 0.285 e. The van der Waals surface area contributed by atoms with Crippen LogP contribution in [0.15, 0.2) is 54.6 Å². The van der Waals surface area contributed by atoms with Gasteiger partial charge in [-0.2, -0.15) is 15.0 Å². The fourth-order valence-corrected chi connectivity index (χ4v) is 4.66. The van der Waals surface area contributed by atoms with Crippen molar-refractivity contribution in [1.29, 1.82) is 5.41 Å². The molecule has 3 aromatic rings. The van der Waals surface area contributed by atoms with Gasteiger partial charge in [-0.3, -0.25) is 5.41 Å². The van der Waals surface area contributed by atoms with Gasteiger partial charge >= 0.3 is 0 Å². The second-order valence-electron chi connectivity index (χ2n) is 8.68. The third-order valence-corrected chi connectivity index (χ3v) is 6.39. The number of aromatic nitrogens is 3. The number of amidine groups is 1. The summed E-state index contributed by atoms with van der Waals surface area (Å²) in [5.74, 6) is 2.23. The van der Waals surface area contributed by atoms with Crippen LogP contribution in [-0.4, -0.2) is 51.2 Å². The number of para-hydroxylation sites is 1. The molecular weight excluding hydrogens is 446 g/mol. The maximum Gasteiger partial charge on any atom is 0.285 e. The Hall–Kier alpha value is -3.92. The topological polar surface area (TPSA) is 132 Å². The summed E-state index contributed by atoms with van der Waals surface area (Å²) in [5.41, 5.74) is 6.65. The van der Waals surface area contributed by atoms with Crippen LogP contribution in [0.2, 0.25) is 0 Å². The second-order valence-corrected chi connectivity index (χ2v) is 8.68. The predicted octanol–water partition coefficient (Wildman–Crippen LogP) is 4.09. The molecular formula is C25H29N7O3. The molecule has 2 aliphatic heterocycles. The van der Waals surface area contributed by atoms with Gasteiger partial charge in [0.25, 0.3) is 6.02 Å². The zero-order chi connectivity index (χ0) is 24.1. The predicted molar refractivity (Wildman–Crippen MR) is 132 cm³/mol. The van der Waals surface area contributed by atoms with Crippen molar-refractivity contribution >= 4 is 23.6 Å². The standard InChI is InChI=1S/C25H29N7O3/c26-22-29-21(17-34-23(27)32-14-4-11-25(32)12-15-33-16-13-25)30-24(31-22)28-18-7-9-20(10-8-18)35-19-5-2-1-3-6-19/h1-3,5-10,27H,4,11-17H2,(H3,26,28,29,30,31). The van der Waals surface area contributed by atoms with E-state index in [9.17, 15) is 0 Å². The van der Waals surface area contributed by atoms with E-state index in [1.165, 1.54) is 0 Å². The third-order valence-electron chi connectivity index (χ3n) is 6.39. The lowest BCUT2D eigenvalue weighted by molar-refractivity contribution is 0.00648. The Bertz CT molecular complexity index is 1150. The highest BCUT2D eigenvalue weighted by Gasteiger charge is 2.44. The zero-order valence-corrected chi connectivity index (χ0v) is 19.4. The highest BCUT2D eigenvalue weighted by molar-refractivity contribution is 5.71. The largest absolute Gasteiger partial charge is 0.457 e. The molecule has 0 aliphatic carbocycles. The molecule has 0 radical (unpaired) electrons. The first kappa shape index (κ1) is 22.9. The first-order chi connectivity index (χ1) is 17.1. The molecule has 0 saturated carbocycles. The van der Waals surface area contributed by atoms with E-state index < -0.39 is 0 Å². The Morgan fingerprint density at radius 2 is 1.74 bits per heavy atom. The number of hydrogen-bond donors (Lipinski definition) is 3. The Balaban J connectivity index is 1.20. The lowest BCUT2D eigenvalue weighted by atomic mass is 9.87. The van der Waals surface area contributed by atoms with Crippen LogP contribution in [0.4, 0.5) is 17.6 Å². The van der Waals surface area contributed by atoms with Gasteiger partial charge in [-0.1, -0.05) is 18.2 Å². The monoisotopic (exact) mass is 475 g/mol. The summed E-state index contributed by atoms with van der Waals surface area (Å²) in [6.07, 6.45) is 3.94. The fourth-order valence-electron chi connectivity index (χ4n) is 4.66. The van der Waals surface area contributed by atoms with E-state index in [-0.39, 0.29) is 24.1 Å². The molecule has 2 aromatic carbocycles. The van der Waals surface area contributed by atoms with E-state index in [2.05, 4.69) is 25.2 Å². The third kappa shape index (κ3) is 5.43. The van der Waals surface area contributed by atoms with Gasteiger partial charge in [-0.05, 0) is 62.1 Å². The number of rotatable bonds is 6. The Morgan fingerprint density at radius 3 is 2.51 bits per heavy atom. The van der Waals surface area contributed by atoms with E-state index in [4.69, 9.17) is 25.4 Å². The normalized spacial score (nSPS) is 16.7. The SMILES string of the molecule is N=C(OCc1nc(N)nc(Nc2ccc(Oc3ccccc3)cc2)n1)N1CCCC12CCOCC2. The average Bonchev–Trinajstić information content (AvgIpc) is 3.27. The fraction of sp³-hybridized carbons (Fsp3) is 0.360. The first-order valence-electron chi connectivity index (χ1n) is 11.8. The molecule has 2 fully saturated rings. The van der Waals surface area contributed by atoms with Gasteiger partial charge in [0.2, 0.25) is 11.9 Å². The van der Waals surface area contributed by atoms with Crippen molar-refractivity contribution < 1.29 is 14.2 Å². The minimum atomic E-state index is -0.0312. The molecule has 0 amide bonds. The number of nitrogen functional groups attached to an aromatic ring is 1. The van der Waals surface area contributed by atoms with Gasteiger partial charge < -0.3 is 30.2 Å². The molecule has 35 heavy (non-hydrogen) atoms. The van der Waals surface area contributed by atoms with Crippen molar-refractivity contribution in [3.05, 3.63) is 60.4 Å². The van der Waals surface area contributed by atoms with Crippen LogP contribution in [0.1, 0.15) is 31.5 Å². The first-order valence-corrected chi connectivity index (χ1v) is 11.8. The summed E-state index contributed by atoms with van der Waals surface area (Å²) in [6.45, 7) is 2.30. The molecule has 182 valence electrons. The lowest BCUT2D eigenvalue weighted by Crippen LogP contribution is -2.51. The number of ether oxygens (including phenoxy) is 3. The van der Waals surface area contributed by atoms with E-state index in [1.807, 2.05) is 54.6 Å². The van der Waals surface area contributed by atoms with Gasteiger partial charge in [-0.25, -0.2) is 0 Å². The molecule has 3 heterocycles. The number of nitrogens with zero attached hydrogens (tertiary/aromatic N) is 4. The molecule has 2 saturated heterocycles. The quantitative estimate of drug-likeness (QED) is 0.356. The van der Waals surface area contributed by atoms with Gasteiger partial charge in [0, 0.05) is 31.0 Å². The van der Waals surface area contributed by atoms with Crippen molar-refractivity contribution in [2.45, 2.75) is 37.8 Å². The molecule has 1 aromatic heterocycles. The molecule has 2 aliphatic rings. The van der Waals surface area contributed by atoms with E-state index in [0.717, 1.165) is 56.9 Å². The van der Waals surface area contributed by atoms with Crippen molar-refractivity contribution in [2.75, 3.05) is 30.8 Å². The van der Waals surface area contributed by atoms with Crippen LogP contribution in [0.5, 0.6) is 11.5 Å². The minimum absolute atomic E-state index is 0.0312. The maximum atomic E-state index is 8.52. The summed E-state index contributed by atoms with van der Waals surface area (Å²) >= 11 is 0. The average molecular weight is 476 g/mol. The highest BCUT2D eigenvalue weighted by atomic mass is 16.5. The van der Waals surface area contributed by atoms with Crippen LogP contribution in [0.25, 0.3) is 0 Å². The maximum absolute atomic E-state index is 8.52. The van der Waals surface area contributed by atoms with Crippen LogP contribution in [0, 0.1) is 5.41 Å². The number of nitrogens with two attached hydrogens (primary N) is 1. The van der Waals surface area contributed by atoms with Gasteiger partial charge in [0.15, 0.2) is 12.4 Å². The molecule has 5 rings (SSSR count). The number of nitrogens with one attached hydrogen (secondary N) is 2. The summed E-state index contributed by atoms with van der Waals surface area (Å²) in [4.78, 5) is 14.8. The number of benzene rings is 2. The van der Waals surface area contributed by atoms with Gasteiger partial charge in [-0.15, -0.1) is 0 Å². The molecule has 1 spiro atoms. The number of likely N-dealkylation sites (tertiary alicyclic amines) is 1. The number of anilines is 3. The highest BCUT2D eigenvalue weighted by Crippen LogP contribution is 2.38. The zero-order valence-electron chi connectivity index (χ0n) is 19.4. The molecule has 0 atom stereocenters. The number of hydrogen-bond acceptors (Lipinski definition) is 9. The molecule has 10 nitrogen and oxygen atoms in total. The van der Waals surface area contributed by atoms with Crippen LogP contribution >= 0.6 is 0 Å². The summed E-state index contributed by atoms with van der Waals surface area (Å²) in [7, 11) is 0. The summed E-state index contributed by atoms with van der Waals surface area (Å²) in [6, 6.07) is 17.2. The van der Waals surface area contributed by atoms with Crippen molar-refractivity contribution in [3.8, 4) is 11.5 Å². The van der Waals surface area contributed by atoms with Crippen molar-refractivity contribution in [1.82, 2.24) is 19.9 Å². The van der Waals surface area contributed by atoms with E-state index in [1.54, 1.807) is 0 Å². The minimum Gasteiger partial charge on any atom is -0.457 e. The molecule has 0 unspecified atom stereocenters. The van der Waals surface area contributed by atoms with Crippen LogP contribution < -0.4 is 15.8 Å². The molecule has 10 heteroatoms. The van der Waals surface area contributed by atoms with Crippen LogP contribution in [-0.2, 0) is 16.1 Å².